The summed E-state index contributed by atoms with van der Waals surface area (Å²) in [6.45, 7) is 8.17. The molecule has 4 aromatic rings. The Labute approximate surface area is 317 Å². The SMILES string of the molecule is CCC(CS(=O)(=O)CCO[Si](c1ccccc1)(c1ccccc1)C(C)(C)C)N1C(=O)C(CC(=O)O)OC(c2cccc(Cl)c2)C1c1ccc(Cl)cc1. The maximum atomic E-state index is 14.3. The molecule has 0 saturated carbocycles. The van der Waals surface area contributed by atoms with Gasteiger partial charge in [-0.25, -0.2) is 8.42 Å². The average Bonchev–Trinajstić information content (AvgIpc) is 3.10. The Morgan fingerprint density at radius 1 is 0.885 bits per heavy atom. The summed E-state index contributed by atoms with van der Waals surface area (Å²) in [5.74, 6) is -2.43. The number of hydrogen-bond acceptors (Lipinski definition) is 6. The summed E-state index contributed by atoms with van der Waals surface area (Å²) in [5, 5.41) is 12.4. The van der Waals surface area contributed by atoms with Gasteiger partial charge in [0, 0.05) is 22.7 Å². The molecule has 0 aliphatic carbocycles. The van der Waals surface area contributed by atoms with Crippen molar-refractivity contribution in [2.24, 2.45) is 0 Å². The zero-order valence-corrected chi connectivity index (χ0v) is 33.1. The molecule has 12 heteroatoms. The molecule has 0 bridgehead atoms. The number of carboxylic acids is 1. The van der Waals surface area contributed by atoms with Crippen LogP contribution < -0.4 is 10.4 Å². The van der Waals surface area contributed by atoms with E-state index in [1.807, 2.05) is 43.3 Å². The van der Waals surface area contributed by atoms with Crippen LogP contribution >= 0.6 is 23.2 Å². The molecule has 0 spiro atoms. The van der Waals surface area contributed by atoms with Crippen molar-refractivity contribution in [1.29, 1.82) is 0 Å². The Morgan fingerprint density at radius 2 is 1.48 bits per heavy atom. The molecule has 1 amide bonds. The maximum Gasteiger partial charge on any atom is 0.306 e. The molecule has 4 atom stereocenters. The number of carboxylic acid groups (broad SMARTS) is 1. The third kappa shape index (κ3) is 8.81. The number of sulfone groups is 1. The van der Waals surface area contributed by atoms with Crippen LogP contribution in [0, 0.1) is 0 Å². The van der Waals surface area contributed by atoms with E-state index in [0.29, 0.717) is 21.2 Å². The van der Waals surface area contributed by atoms with Crippen LogP contribution in [0.25, 0.3) is 0 Å². The number of ether oxygens (including phenoxy) is 1. The van der Waals surface area contributed by atoms with Crippen molar-refractivity contribution in [1.82, 2.24) is 4.90 Å². The molecule has 1 saturated heterocycles. The predicted molar refractivity (Wildman–Crippen MR) is 209 cm³/mol. The Hall–Kier alpha value is -3.51. The summed E-state index contributed by atoms with van der Waals surface area (Å²) in [5.41, 5.74) is 1.28. The highest BCUT2D eigenvalue weighted by Gasteiger charge is 2.51. The molecule has 4 unspecified atom stereocenters. The van der Waals surface area contributed by atoms with Gasteiger partial charge in [0.15, 0.2) is 9.84 Å². The van der Waals surface area contributed by atoms with Gasteiger partial charge in [-0.2, -0.15) is 0 Å². The van der Waals surface area contributed by atoms with E-state index in [9.17, 15) is 23.1 Å². The lowest BCUT2D eigenvalue weighted by atomic mass is 9.89. The summed E-state index contributed by atoms with van der Waals surface area (Å²) < 4.78 is 41.5. The molecule has 8 nitrogen and oxygen atoms in total. The van der Waals surface area contributed by atoms with Gasteiger partial charge in [-0.3, -0.25) is 9.59 Å². The van der Waals surface area contributed by atoms with Crippen molar-refractivity contribution < 1.29 is 32.3 Å². The van der Waals surface area contributed by atoms with E-state index in [1.165, 1.54) is 4.90 Å². The number of aliphatic carboxylic acids is 1. The molecule has 0 radical (unpaired) electrons. The number of morpholine rings is 1. The first-order chi connectivity index (χ1) is 24.7. The van der Waals surface area contributed by atoms with E-state index < -0.39 is 60.7 Å². The fourth-order valence-electron chi connectivity index (χ4n) is 7.25. The molecule has 1 aliphatic heterocycles. The van der Waals surface area contributed by atoms with Crippen LogP contribution in [0.15, 0.2) is 109 Å². The molecule has 1 heterocycles. The highest BCUT2D eigenvalue weighted by atomic mass is 35.5. The minimum atomic E-state index is -3.84. The van der Waals surface area contributed by atoms with Gasteiger partial charge in [-0.05, 0) is 57.2 Å². The molecular formula is C40H45Cl2NO7SSi. The molecule has 1 aliphatic rings. The number of halogens is 2. The standard InChI is InChI=1S/C40H45Cl2NO7SSi/c1-5-32(27-51(47,48)24-23-49-52(40(2,3)4,33-15-8-6-9-16-33)34-17-10-7-11-18-34)43-37(28-19-21-30(41)22-20-28)38(29-13-12-14-31(42)25-29)50-35(39(43)46)26-36(44)45/h6-22,25,32,35,37-38H,5,23-24,26-27H2,1-4H3,(H,44,45). The van der Waals surface area contributed by atoms with Crippen LogP contribution in [0.5, 0.6) is 0 Å². The van der Waals surface area contributed by atoms with Crippen LogP contribution in [0.4, 0.5) is 0 Å². The Bertz CT molecular complexity index is 1900. The van der Waals surface area contributed by atoms with E-state index in [4.69, 9.17) is 32.4 Å². The monoisotopic (exact) mass is 781 g/mol. The summed E-state index contributed by atoms with van der Waals surface area (Å²) in [6, 6.07) is 32.3. The first kappa shape index (κ1) is 39.7. The lowest BCUT2D eigenvalue weighted by Gasteiger charge is -2.48. The van der Waals surface area contributed by atoms with Gasteiger partial charge in [-0.1, -0.05) is 136 Å². The molecule has 1 fully saturated rings. The van der Waals surface area contributed by atoms with Gasteiger partial charge in [0.05, 0.1) is 24.0 Å². The van der Waals surface area contributed by atoms with E-state index in [2.05, 4.69) is 45.0 Å². The van der Waals surface area contributed by atoms with Crippen molar-refractivity contribution in [3.63, 3.8) is 0 Å². The minimum absolute atomic E-state index is 0.0451. The van der Waals surface area contributed by atoms with Gasteiger partial charge in [-0.15, -0.1) is 0 Å². The number of benzene rings is 4. The van der Waals surface area contributed by atoms with Gasteiger partial charge >= 0.3 is 5.97 Å². The highest BCUT2D eigenvalue weighted by molar-refractivity contribution is 7.91. The molecule has 4 aromatic carbocycles. The van der Waals surface area contributed by atoms with Crippen LogP contribution in [0.1, 0.15) is 63.8 Å². The topological polar surface area (TPSA) is 110 Å². The second-order valence-electron chi connectivity index (χ2n) is 14.1. The van der Waals surface area contributed by atoms with E-state index >= 15 is 0 Å². The molecule has 52 heavy (non-hydrogen) atoms. The van der Waals surface area contributed by atoms with E-state index in [1.54, 1.807) is 48.5 Å². The average molecular weight is 783 g/mol. The van der Waals surface area contributed by atoms with Crippen molar-refractivity contribution >= 4 is 63.6 Å². The van der Waals surface area contributed by atoms with Crippen LogP contribution in [0.2, 0.25) is 15.1 Å². The van der Waals surface area contributed by atoms with E-state index in [0.717, 1.165) is 10.4 Å². The van der Waals surface area contributed by atoms with Crippen LogP contribution in [-0.2, 0) is 28.6 Å². The quantitative estimate of drug-likeness (QED) is 0.134. The predicted octanol–water partition coefficient (Wildman–Crippen LogP) is 7.25. The second kappa shape index (κ2) is 16.7. The smallest absolute Gasteiger partial charge is 0.306 e. The second-order valence-corrected chi connectivity index (χ2v) is 21.5. The minimum Gasteiger partial charge on any atom is -0.481 e. The summed E-state index contributed by atoms with van der Waals surface area (Å²) in [6.07, 6.45) is -2.50. The Kier molecular flexibility index (Phi) is 12.7. The zero-order chi connectivity index (χ0) is 37.7. The van der Waals surface area contributed by atoms with Gasteiger partial charge in [0.25, 0.3) is 14.2 Å². The van der Waals surface area contributed by atoms with Crippen molar-refractivity contribution in [2.75, 3.05) is 18.1 Å². The van der Waals surface area contributed by atoms with Crippen molar-refractivity contribution in [3.8, 4) is 0 Å². The number of hydrogen-bond donors (Lipinski definition) is 1. The largest absolute Gasteiger partial charge is 0.481 e. The molecule has 5 rings (SSSR count). The first-order valence-corrected chi connectivity index (χ1v) is 21.8. The summed E-state index contributed by atoms with van der Waals surface area (Å²) in [7, 11) is -6.83. The van der Waals surface area contributed by atoms with Crippen LogP contribution in [0.3, 0.4) is 0 Å². The lowest BCUT2D eigenvalue weighted by Crippen LogP contribution is -2.66. The molecule has 0 aromatic heterocycles. The van der Waals surface area contributed by atoms with Crippen molar-refractivity contribution in [2.45, 2.75) is 69.9 Å². The summed E-state index contributed by atoms with van der Waals surface area (Å²) in [4.78, 5) is 27.8. The number of carbonyl (C=O) groups excluding carboxylic acids is 1. The normalized spacial score (nSPS) is 19.0. The van der Waals surface area contributed by atoms with Gasteiger partial charge in [0.2, 0.25) is 0 Å². The molecule has 276 valence electrons. The maximum absolute atomic E-state index is 14.3. The van der Waals surface area contributed by atoms with Crippen LogP contribution in [-0.4, -0.2) is 68.9 Å². The zero-order valence-electron chi connectivity index (χ0n) is 29.7. The molecular weight excluding hydrogens is 737 g/mol. The fraction of sp³-hybridized carbons (Fsp3) is 0.350. The number of carbonyl (C=O) groups is 2. The third-order valence-corrected chi connectivity index (χ3v) is 16.8. The van der Waals surface area contributed by atoms with Gasteiger partial charge < -0.3 is 19.2 Å². The number of rotatable bonds is 14. The molecule has 1 N–H and O–H groups in total. The Morgan fingerprint density at radius 3 is 2.00 bits per heavy atom. The highest BCUT2D eigenvalue weighted by Crippen LogP contribution is 2.45. The van der Waals surface area contributed by atoms with Crippen molar-refractivity contribution in [3.05, 3.63) is 130 Å². The lowest BCUT2D eigenvalue weighted by molar-refractivity contribution is -0.182. The first-order valence-electron chi connectivity index (χ1n) is 17.3. The van der Waals surface area contributed by atoms with E-state index in [-0.39, 0.29) is 29.6 Å². The fourth-order valence-corrected chi connectivity index (χ4v) is 13.8. The van der Waals surface area contributed by atoms with Gasteiger partial charge in [0.1, 0.15) is 12.2 Å². The number of amides is 1. The Balaban J connectivity index is 1.50. The third-order valence-electron chi connectivity index (χ3n) is 9.62. The number of nitrogens with zero attached hydrogens (tertiary/aromatic N) is 1. The summed E-state index contributed by atoms with van der Waals surface area (Å²) >= 11 is 12.6.